The zero-order valence-electron chi connectivity index (χ0n) is 4.57. The zero-order valence-corrected chi connectivity index (χ0v) is 13.5. The van der Waals surface area contributed by atoms with Crippen LogP contribution < -0.4 is 71.9 Å². The van der Waals surface area contributed by atoms with E-state index in [1.54, 1.807) is 28.0 Å². The second kappa shape index (κ2) is 10.6. The molecule has 0 bridgehead atoms. The van der Waals surface area contributed by atoms with Crippen LogP contribution in [0.5, 0.6) is 0 Å². The molecule has 0 saturated carbocycles. The van der Waals surface area contributed by atoms with Gasteiger partial charge in [-0.15, -0.1) is 0 Å². The second-order valence-corrected chi connectivity index (χ2v) is 2.90. The van der Waals surface area contributed by atoms with Crippen LogP contribution in [0.4, 0.5) is 0 Å². The van der Waals surface area contributed by atoms with E-state index in [4.69, 9.17) is 0 Å². The van der Waals surface area contributed by atoms with E-state index in [1.165, 1.54) is 6.42 Å². The summed E-state index contributed by atoms with van der Waals surface area (Å²) in [5.41, 5.74) is 0. The topological polar surface area (TPSA) is 0 Å². The van der Waals surface area contributed by atoms with E-state index >= 15 is 0 Å². The van der Waals surface area contributed by atoms with E-state index in [1.807, 2.05) is 0 Å². The molecule has 50 valence electrons. The van der Waals surface area contributed by atoms with Crippen LogP contribution in [0.1, 0.15) is 6.42 Å². The summed E-state index contributed by atoms with van der Waals surface area (Å²) in [6.07, 6.45) is 7.69. The predicted octanol–water partition coefficient (Wildman–Crippen LogP) is -7.61. The summed E-state index contributed by atoms with van der Waals surface area (Å²) in [5, 5.41) is 0. The van der Waals surface area contributed by atoms with Crippen LogP contribution in [0, 0.1) is 0 Å². The molecule has 0 radical (unpaired) electrons. The van der Waals surface area contributed by atoms with Crippen molar-refractivity contribution >= 4 is 0 Å². The Morgan fingerprint density at radius 1 is 1.22 bits per heavy atom. The first-order chi connectivity index (χ1) is 2.89. The van der Waals surface area contributed by atoms with Crippen LogP contribution in [0.3, 0.4) is 0 Å². The van der Waals surface area contributed by atoms with Gasteiger partial charge < -0.3 is 71.9 Å². The van der Waals surface area contributed by atoms with E-state index in [9.17, 15) is 0 Å². The Kier molecular flexibility index (Phi) is 20.6. The molecule has 1 rings (SSSR count). The normalized spacial score (nSPS) is 12.4. The molecule has 0 unspecified atom stereocenters. The van der Waals surface area contributed by atoms with Crippen molar-refractivity contribution in [2.24, 2.45) is 0 Å². The van der Waals surface area contributed by atoms with Crippen molar-refractivity contribution in [1.82, 2.24) is 0 Å². The Morgan fingerprint density at radius 3 is 1.89 bits per heavy atom. The first-order valence-electron chi connectivity index (χ1n) is 1.97. The number of allylic oxidation sites excluding steroid dienone is 4. The molecule has 4 heteroatoms. The molecule has 0 saturated heterocycles. The summed E-state index contributed by atoms with van der Waals surface area (Å²) in [5.74, 6) is 0. The van der Waals surface area contributed by atoms with Crippen LogP contribution in [-0.4, -0.2) is 0 Å². The van der Waals surface area contributed by atoms with E-state index in [2.05, 4.69) is 18.2 Å². The molecular formula is C5H5I3Zr. The molecule has 1 aliphatic rings. The second-order valence-electron chi connectivity index (χ2n) is 1.32. The minimum absolute atomic E-state index is 0. The first kappa shape index (κ1) is 17.6. The molecule has 0 N–H and O–H groups in total. The van der Waals surface area contributed by atoms with E-state index in [0.29, 0.717) is 0 Å². The Balaban J connectivity index is -0.000000120. The molecule has 0 aromatic rings. The van der Waals surface area contributed by atoms with Crippen LogP contribution in [0.2, 0.25) is 0 Å². The van der Waals surface area contributed by atoms with Crippen molar-refractivity contribution in [2.75, 3.05) is 0 Å². The third-order valence-electron chi connectivity index (χ3n) is 0.771. The SMILES string of the molecule is [I-].[I-].[I-].[Zr+3][C]1=CC=CC1. The van der Waals surface area contributed by atoms with Gasteiger partial charge >= 0.3 is 52.6 Å². The molecule has 0 atom stereocenters. The van der Waals surface area contributed by atoms with Gasteiger partial charge in [0.2, 0.25) is 0 Å². The Morgan fingerprint density at radius 2 is 1.78 bits per heavy atom. The standard InChI is InChI=1S/C5H5.3HI.Zr/c1-2-4-5-3-1;;;;/h1-3H,4H2;3*1H;/q;;;;+3/p-3. The van der Waals surface area contributed by atoms with Gasteiger partial charge in [0, 0.05) is 0 Å². The van der Waals surface area contributed by atoms with E-state index in [-0.39, 0.29) is 71.9 Å². The summed E-state index contributed by atoms with van der Waals surface area (Å²) in [4.78, 5) is 0. The molecule has 9 heavy (non-hydrogen) atoms. The quantitative estimate of drug-likeness (QED) is 0.270. The van der Waals surface area contributed by atoms with Crippen LogP contribution >= 0.6 is 0 Å². The van der Waals surface area contributed by atoms with Gasteiger partial charge in [0.1, 0.15) is 0 Å². The molecule has 1 aliphatic carbocycles. The maximum absolute atomic E-state index is 2.18. The first-order valence-corrected chi connectivity index (χ1v) is 3.20. The summed E-state index contributed by atoms with van der Waals surface area (Å²) in [7, 11) is 0. The van der Waals surface area contributed by atoms with Crippen molar-refractivity contribution < 1.29 is 96.6 Å². The van der Waals surface area contributed by atoms with E-state index in [0.717, 1.165) is 0 Å². The van der Waals surface area contributed by atoms with Gasteiger partial charge in [-0.1, -0.05) is 0 Å². The van der Waals surface area contributed by atoms with Crippen molar-refractivity contribution in [2.45, 2.75) is 6.42 Å². The van der Waals surface area contributed by atoms with E-state index < -0.39 is 0 Å². The molecule has 0 nitrogen and oxygen atoms in total. The van der Waals surface area contributed by atoms with Gasteiger partial charge in [-0.2, -0.15) is 0 Å². The third-order valence-corrected chi connectivity index (χ3v) is 1.68. The molecule has 0 aromatic carbocycles. The van der Waals surface area contributed by atoms with Crippen molar-refractivity contribution in [3.63, 3.8) is 0 Å². The van der Waals surface area contributed by atoms with Crippen molar-refractivity contribution in [3.05, 3.63) is 21.5 Å². The molecule has 0 aliphatic heterocycles. The number of rotatable bonds is 0. The number of hydrogen-bond acceptors (Lipinski definition) is 0. The fourth-order valence-electron chi connectivity index (χ4n) is 0.447. The number of halogens is 3. The summed E-state index contributed by atoms with van der Waals surface area (Å²) in [6, 6.07) is 0. The molecule has 0 spiro atoms. The Bertz CT molecular complexity index is 109. The molecule has 0 heterocycles. The Hall–Kier alpha value is 2.55. The summed E-state index contributed by atoms with van der Waals surface area (Å²) >= 11 is 1.56. The average molecular weight is 537 g/mol. The monoisotopic (exact) mass is 536 g/mol. The number of hydrogen-bond donors (Lipinski definition) is 0. The van der Waals surface area contributed by atoms with Gasteiger partial charge in [0.05, 0.1) is 0 Å². The summed E-state index contributed by atoms with van der Waals surface area (Å²) < 4.78 is 1.56. The van der Waals surface area contributed by atoms with Crippen molar-refractivity contribution in [1.29, 1.82) is 0 Å². The average Bonchev–Trinajstić information content (AvgIpc) is 1.86. The van der Waals surface area contributed by atoms with Gasteiger partial charge in [-0.05, 0) is 0 Å². The summed E-state index contributed by atoms with van der Waals surface area (Å²) in [6.45, 7) is 0. The van der Waals surface area contributed by atoms with Gasteiger partial charge in [-0.25, -0.2) is 0 Å². The maximum atomic E-state index is 2.18. The predicted molar refractivity (Wildman–Crippen MR) is 21.8 cm³/mol. The van der Waals surface area contributed by atoms with Crippen molar-refractivity contribution in [3.8, 4) is 0 Å². The van der Waals surface area contributed by atoms with Gasteiger partial charge in [0.15, 0.2) is 0 Å². The van der Waals surface area contributed by atoms with Crippen LogP contribution in [0.25, 0.3) is 0 Å². The fraction of sp³-hybridized carbons (Fsp3) is 0.200. The molecule has 0 aromatic heterocycles. The molecular weight excluding hydrogens is 532 g/mol. The minimum atomic E-state index is 0. The Labute approximate surface area is 122 Å². The van der Waals surface area contributed by atoms with Crippen LogP contribution in [-0.2, 0) is 24.7 Å². The fourth-order valence-corrected chi connectivity index (χ4v) is 0.973. The zero-order chi connectivity index (χ0) is 4.41. The third kappa shape index (κ3) is 8.46. The molecule has 0 amide bonds. The van der Waals surface area contributed by atoms with Crippen LogP contribution in [0.15, 0.2) is 21.5 Å². The van der Waals surface area contributed by atoms with Gasteiger partial charge in [0.25, 0.3) is 0 Å². The molecule has 0 fully saturated rings. The van der Waals surface area contributed by atoms with Gasteiger partial charge in [-0.3, -0.25) is 0 Å².